The van der Waals surface area contributed by atoms with E-state index >= 15 is 0 Å². The third kappa shape index (κ3) is 2.98. The van der Waals surface area contributed by atoms with E-state index in [4.69, 9.17) is 0 Å². The number of hydrogen-bond acceptors (Lipinski definition) is 3. The van der Waals surface area contributed by atoms with E-state index in [0.717, 1.165) is 19.4 Å². The highest BCUT2D eigenvalue weighted by Crippen LogP contribution is 2.35. The Morgan fingerprint density at radius 3 is 2.74 bits per heavy atom. The molecule has 0 aromatic carbocycles. The monoisotopic (exact) mass is 260 g/mol. The van der Waals surface area contributed by atoms with Crippen LogP contribution in [0.2, 0.25) is 0 Å². The second-order valence-corrected chi connectivity index (χ2v) is 6.01. The van der Waals surface area contributed by atoms with Gasteiger partial charge in [0.05, 0.1) is 6.10 Å². The Kier molecular flexibility index (Phi) is 4.14. The average molecular weight is 260 g/mol. The maximum Gasteiger partial charge on any atom is 0.0583 e. The molecule has 0 radical (unpaired) electrons. The Labute approximate surface area is 115 Å². The summed E-state index contributed by atoms with van der Waals surface area (Å²) in [5, 5.41) is 10.1. The first kappa shape index (κ1) is 13.1. The van der Waals surface area contributed by atoms with Crippen molar-refractivity contribution in [2.24, 2.45) is 5.92 Å². The first-order chi connectivity index (χ1) is 9.34. The second kappa shape index (κ2) is 6.02. The zero-order valence-corrected chi connectivity index (χ0v) is 11.5. The molecule has 19 heavy (non-hydrogen) atoms. The van der Waals surface area contributed by atoms with E-state index < -0.39 is 0 Å². The van der Waals surface area contributed by atoms with E-state index in [-0.39, 0.29) is 6.10 Å². The average Bonchev–Trinajstić information content (AvgIpc) is 3.05. The summed E-state index contributed by atoms with van der Waals surface area (Å²) in [6.07, 6.45) is 10.8. The summed E-state index contributed by atoms with van der Waals surface area (Å²) in [7, 11) is 0. The lowest BCUT2D eigenvalue weighted by atomic mass is 9.94. The number of rotatable bonds is 4. The largest absolute Gasteiger partial charge is 0.393 e. The lowest BCUT2D eigenvalue weighted by molar-refractivity contribution is 0.0751. The van der Waals surface area contributed by atoms with Gasteiger partial charge < -0.3 is 5.11 Å². The van der Waals surface area contributed by atoms with Crippen molar-refractivity contribution < 1.29 is 5.11 Å². The second-order valence-electron chi connectivity index (χ2n) is 6.01. The van der Waals surface area contributed by atoms with Crippen molar-refractivity contribution in [1.82, 2.24) is 9.88 Å². The fourth-order valence-electron chi connectivity index (χ4n) is 3.85. The van der Waals surface area contributed by atoms with Crippen LogP contribution >= 0.6 is 0 Å². The highest BCUT2D eigenvalue weighted by molar-refractivity contribution is 5.10. The summed E-state index contributed by atoms with van der Waals surface area (Å²) < 4.78 is 0. The molecule has 3 heteroatoms. The Balaban J connectivity index is 1.57. The first-order valence-corrected chi connectivity index (χ1v) is 7.65. The molecule has 3 nitrogen and oxygen atoms in total. The fraction of sp³-hybridized carbons (Fsp3) is 0.688. The van der Waals surface area contributed by atoms with Gasteiger partial charge in [0.25, 0.3) is 0 Å². The van der Waals surface area contributed by atoms with Crippen molar-refractivity contribution in [3.05, 3.63) is 30.1 Å². The molecule has 0 amide bonds. The lowest BCUT2D eigenvalue weighted by Gasteiger charge is -2.31. The van der Waals surface area contributed by atoms with Crippen molar-refractivity contribution in [1.29, 1.82) is 0 Å². The number of likely N-dealkylation sites (tertiary alicyclic amines) is 1. The lowest BCUT2D eigenvalue weighted by Crippen LogP contribution is -2.39. The summed E-state index contributed by atoms with van der Waals surface area (Å²) in [5.74, 6) is 0.528. The minimum Gasteiger partial charge on any atom is -0.393 e. The van der Waals surface area contributed by atoms with E-state index in [1.165, 1.54) is 37.8 Å². The normalized spacial score (nSPS) is 31.9. The van der Waals surface area contributed by atoms with E-state index in [0.29, 0.717) is 12.0 Å². The summed E-state index contributed by atoms with van der Waals surface area (Å²) in [6.45, 7) is 2.33. The Morgan fingerprint density at radius 2 is 2.00 bits per heavy atom. The molecule has 1 aliphatic heterocycles. The third-order valence-corrected chi connectivity index (χ3v) is 4.88. The van der Waals surface area contributed by atoms with Crippen LogP contribution in [0.1, 0.15) is 37.7 Å². The van der Waals surface area contributed by atoms with Gasteiger partial charge in [0.2, 0.25) is 0 Å². The van der Waals surface area contributed by atoms with E-state index in [9.17, 15) is 5.11 Å². The fourth-order valence-corrected chi connectivity index (χ4v) is 3.85. The summed E-state index contributed by atoms with van der Waals surface area (Å²) >= 11 is 0. The molecule has 1 aliphatic carbocycles. The molecule has 1 saturated heterocycles. The molecule has 1 N–H and O–H groups in total. The summed E-state index contributed by atoms with van der Waals surface area (Å²) in [6, 6.07) is 4.84. The SMILES string of the molecule is OC1CCCC1C1CCCN1CCc1ccncc1. The number of aromatic nitrogens is 1. The van der Waals surface area contributed by atoms with Gasteiger partial charge in [-0.3, -0.25) is 9.88 Å². The zero-order valence-electron chi connectivity index (χ0n) is 11.5. The van der Waals surface area contributed by atoms with Gasteiger partial charge in [0, 0.05) is 30.9 Å². The van der Waals surface area contributed by atoms with Crippen LogP contribution in [0.5, 0.6) is 0 Å². The third-order valence-electron chi connectivity index (χ3n) is 4.88. The smallest absolute Gasteiger partial charge is 0.0583 e. The summed E-state index contributed by atoms with van der Waals surface area (Å²) in [4.78, 5) is 6.68. The van der Waals surface area contributed by atoms with Gasteiger partial charge in [-0.15, -0.1) is 0 Å². The first-order valence-electron chi connectivity index (χ1n) is 7.65. The topological polar surface area (TPSA) is 36.4 Å². The van der Waals surface area contributed by atoms with Crippen molar-refractivity contribution in [3.8, 4) is 0 Å². The number of aliphatic hydroxyl groups excluding tert-OH is 1. The minimum atomic E-state index is -0.0495. The van der Waals surface area contributed by atoms with Crippen molar-refractivity contribution in [2.45, 2.75) is 50.7 Å². The van der Waals surface area contributed by atoms with Crippen LogP contribution in [0.4, 0.5) is 0 Å². The van der Waals surface area contributed by atoms with Crippen LogP contribution in [0.15, 0.2) is 24.5 Å². The molecule has 1 aromatic heterocycles. The molecule has 2 heterocycles. The van der Waals surface area contributed by atoms with Crippen LogP contribution in [-0.4, -0.2) is 40.2 Å². The summed E-state index contributed by atoms with van der Waals surface area (Å²) in [5.41, 5.74) is 1.37. The number of aliphatic hydroxyl groups is 1. The Hall–Kier alpha value is -0.930. The van der Waals surface area contributed by atoms with Gasteiger partial charge in [-0.05, 0) is 56.3 Å². The van der Waals surface area contributed by atoms with Gasteiger partial charge >= 0.3 is 0 Å². The number of nitrogens with zero attached hydrogens (tertiary/aromatic N) is 2. The molecule has 104 valence electrons. The van der Waals surface area contributed by atoms with Crippen LogP contribution in [-0.2, 0) is 6.42 Å². The van der Waals surface area contributed by atoms with E-state index in [1.807, 2.05) is 12.4 Å². The molecule has 0 bridgehead atoms. The maximum absolute atomic E-state index is 10.1. The van der Waals surface area contributed by atoms with Gasteiger partial charge in [-0.25, -0.2) is 0 Å². The van der Waals surface area contributed by atoms with Crippen molar-refractivity contribution in [3.63, 3.8) is 0 Å². The molecule has 1 aromatic rings. The van der Waals surface area contributed by atoms with Gasteiger partial charge in [0.1, 0.15) is 0 Å². The maximum atomic E-state index is 10.1. The zero-order chi connectivity index (χ0) is 13.1. The molecule has 3 rings (SSSR count). The number of pyridine rings is 1. The van der Waals surface area contributed by atoms with Gasteiger partial charge in [0.15, 0.2) is 0 Å². The number of hydrogen-bond donors (Lipinski definition) is 1. The quantitative estimate of drug-likeness (QED) is 0.902. The highest BCUT2D eigenvalue weighted by Gasteiger charge is 2.37. The molecule has 3 unspecified atom stereocenters. The standard InChI is InChI=1S/C16H24N2O/c19-16-5-1-3-14(16)15-4-2-11-18(15)12-8-13-6-9-17-10-7-13/h6-7,9-10,14-16,19H,1-5,8,11-12H2. The predicted octanol–water partition coefficient (Wildman–Crippen LogP) is 2.25. The predicted molar refractivity (Wildman–Crippen MR) is 75.9 cm³/mol. The highest BCUT2D eigenvalue weighted by atomic mass is 16.3. The minimum absolute atomic E-state index is 0.0495. The Morgan fingerprint density at radius 1 is 1.16 bits per heavy atom. The van der Waals surface area contributed by atoms with Crippen molar-refractivity contribution in [2.75, 3.05) is 13.1 Å². The molecular formula is C16H24N2O. The van der Waals surface area contributed by atoms with E-state index in [2.05, 4.69) is 22.0 Å². The molecule has 0 spiro atoms. The molecule has 3 atom stereocenters. The van der Waals surface area contributed by atoms with Gasteiger partial charge in [-0.1, -0.05) is 6.42 Å². The molecule has 1 saturated carbocycles. The van der Waals surface area contributed by atoms with Crippen molar-refractivity contribution >= 4 is 0 Å². The van der Waals surface area contributed by atoms with Crippen LogP contribution in [0, 0.1) is 5.92 Å². The van der Waals surface area contributed by atoms with Gasteiger partial charge in [-0.2, -0.15) is 0 Å². The Bertz CT molecular complexity index is 395. The van der Waals surface area contributed by atoms with Crippen LogP contribution < -0.4 is 0 Å². The van der Waals surface area contributed by atoms with E-state index in [1.54, 1.807) is 0 Å². The molecule has 2 fully saturated rings. The molecular weight excluding hydrogens is 236 g/mol. The molecule has 2 aliphatic rings. The van der Waals surface area contributed by atoms with Crippen LogP contribution in [0.25, 0.3) is 0 Å². The van der Waals surface area contributed by atoms with Crippen LogP contribution in [0.3, 0.4) is 0 Å².